The van der Waals surface area contributed by atoms with Crippen molar-refractivity contribution in [3.05, 3.63) is 63.9 Å². The molecule has 6 N–H and O–H groups in total. The predicted molar refractivity (Wildman–Crippen MR) is 125 cm³/mol. The lowest BCUT2D eigenvalue weighted by Gasteiger charge is -2.14. The molecule has 2 heterocycles. The lowest BCUT2D eigenvalue weighted by molar-refractivity contribution is -0.144. The van der Waals surface area contributed by atoms with Gasteiger partial charge >= 0.3 is 6.18 Å². The molecule has 3 aromatic rings. The minimum absolute atomic E-state index is 0.0955. The number of aliphatic imine (C=N–C) groups is 1. The topological polar surface area (TPSA) is 142 Å². The average molecular weight is 557 g/mol. The summed E-state index contributed by atoms with van der Waals surface area (Å²) in [6.07, 6.45) is -1.23. The van der Waals surface area contributed by atoms with Gasteiger partial charge in [-0.15, -0.1) is 0 Å². The van der Waals surface area contributed by atoms with Crippen LogP contribution in [-0.4, -0.2) is 32.7 Å². The Kier molecular flexibility index (Phi) is 7.63. The van der Waals surface area contributed by atoms with Gasteiger partial charge in [0.1, 0.15) is 23.2 Å². The smallest absolute Gasteiger partial charge is 0.382 e. The number of hydrogen-bond donors (Lipinski definition) is 4. The van der Waals surface area contributed by atoms with E-state index in [1.165, 1.54) is 6.21 Å². The van der Waals surface area contributed by atoms with Crippen LogP contribution in [0.25, 0.3) is 11.1 Å². The summed E-state index contributed by atoms with van der Waals surface area (Å²) in [5, 5.41) is 11.6. The maximum absolute atomic E-state index is 13.9. The summed E-state index contributed by atoms with van der Waals surface area (Å²) in [6.45, 7) is 1.79. The van der Waals surface area contributed by atoms with Gasteiger partial charge < -0.3 is 16.6 Å². The van der Waals surface area contributed by atoms with Crippen LogP contribution in [0.5, 0.6) is 0 Å². The Labute approximate surface area is 204 Å². The summed E-state index contributed by atoms with van der Waals surface area (Å²) in [5.74, 6) is 1.80. The van der Waals surface area contributed by atoms with Gasteiger partial charge in [0.2, 0.25) is 5.82 Å². The van der Waals surface area contributed by atoms with Crippen molar-refractivity contribution in [3.63, 3.8) is 0 Å². The molecule has 3 rings (SSSR count). The maximum Gasteiger partial charge on any atom is 0.451 e. The van der Waals surface area contributed by atoms with Crippen LogP contribution in [0.3, 0.4) is 0 Å². The number of alkyl halides is 3. The Morgan fingerprint density at radius 1 is 1.26 bits per heavy atom. The van der Waals surface area contributed by atoms with Crippen LogP contribution in [0.1, 0.15) is 36.5 Å². The highest BCUT2D eigenvalue weighted by Crippen LogP contribution is 2.39. The average Bonchev–Trinajstić information content (AvgIpc) is 3.15. The van der Waals surface area contributed by atoms with Crippen molar-refractivity contribution in [2.45, 2.75) is 25.4 Å². The molecule has 0 aliphatic heterocycles. The van der Waals surface area contributed by atoms with Crippen LogP contribution >= 0.6 is 15.9 Å². The molecule has 0 bridgehead atoms. The highest BCUT2D eigenvalue weighted by atomic mass is 79.9. The second-order valence-corrected chi connectivity index (χ2v) is 7.97. The van der Waals surface area contributed by atoms with Crippen molar-refractivity contribution in [1.82, 2.24) is 15.0 Å². The van der Waals surface area contributed by atoms with Crippen molar-refractivity contribution < 1.29 is 22.0 Å². The molecule has 0 saturated heterocycles. The Hall–Kier alpha value is -3.68. The van der Waals surface area contributed by atoms with Crippen LogP contribution in [0, 0.1) is 17.0 Å². The first-order valence-corrected chi connectivity index (χ1v) is 10.7. The summed E-state index contributed by atoms with van der Waals surface area (Å²) < 4.78 is 66.3. The van der Waals surface area contributed by atoms with E-state index in [1.54, 1.807) is 6.92 Å². The molecule has 0 amide bonds. The van der Waals surface area contributed by atoms with Crippen LogP contribution in [0.4, 0.5) is 27.6 Å². The fraction of sp³-hybridized carbons (Fsp3) is 0.190. The largest absolute Gasteiger partial charge is 0.451 e. The Morgan fingerprint density at radius 2 is 1.91 bits per heavy atom. The van der Waals surface area contributed by atoms with Crippen LogP contribution < -0.4 is 11.6 Å². The van der Waals surface area contributed by atoms with Crippen molar-refractivity contribution in [2.24, 2.45) is 21.7 Å². The molecule has 1 aromatic carbocycles. The number of nitrogens with zero attached hydrogens (tertiary/aromatic N) is 4. The first-order chi connectivity index (χ1) is 16.5. The number of H-pyrrole nitrogens is 1. The van der Waals surface area contributed by atoms with Gasteiger partial charge in [-0.3, -0.25) is 10.4 Å². The monoisotopic (exact) mass is 556 g/mol. The molecule has 35 heavy (non-hydrogen) atoms. The molecule has 0 spiro atoms. The quantitative estimate of drug-likeness (QED) is 0.106. The third kappa shape index (κ3) is 5.53. The van der Waals surface area contributed by atoms with Gasteiger partial charge in [0.15, 0.2) is 0 Å². The number of aromatic amines is 1. The summed E-state index contributed by atoms with van der Waals surface area (Å²) in [4.78, 5) is 13.6. The number of halogens is 6. The number of hydrogen-bond acceptors (Lipinski definition) is 6. The van der Waals surface area contributed by atoms with Crippen LogP contribution in [0.15, 0.2) is 45.2 Å². The second kappa shape index (κ2) is 10.3. The molecule has 0 saturated carbocycles. The minimum atomic E-state index is -4.72. The molecule has 0 aliphatic rings. The number of nitrogens with one attached hydrogen (secondary N) is 2. The van der Waals surface area contributed by atoms with Gasteiger partial charge in [-0.05, 0) is 34.5 Å². The number of aromatic nitrogens is 3. The van der Waals surface area contributed by atoms with Crippen molar-refractivity contribution in [3.8, 4) is 11.1 Å². The SMILES string of the molecule is CCC(C(C=Nc1cc(F)ccc1F)=NN)c1[nH]c(C(=N)N)c(-c2cnc(C(F)(F)F)nc2)c1Br. The van der Waals surface area contributed by atoms with Gasteiger partial charge in [-0.25, -0.2) is 18.7 Å². The zero-order valence-electron chi connectivity index (χ0n) is 18.0. The summed E-state index contributed by atoms with van der Waals surface area (Å²) in [7, 11) is 0. The minimum Gasteiger partial charge on any atom is -0.382 e. The summed E-state index contributed by atoms with van der Waals surface area (Å²) in [6, 6.07) is 2.78. The van der Waals surface area contributed by atoms with E-state index in [0.717, 1.165) is 30.6 Å². The van der Waals surface area contributed by atoms with E-state index in [1.807, 2.05) is 0 Å². The van der Waals surface area contributed by atoms with Gasteiger partial charge in [0, 0.05) is 45.7 Å². The highest BCUT2D eigenvalue weighted by molar-refractivity contribution is 9.10. The van der Waals surface area contributed by atoms with Crippen molar-refractivity contribution >= 4 is 39.4 Å². The molecular formula is C21H18BrF5N8. The maximum atomic E-state index is 13.9. The number of rotatable bonds is 7. The first-order valence-electron chi connectivity index (χ1n) is 9.90. The third-order valence-electron chi connectivity index (χ3n) is 4.94. The van der Waals surface area contributed by atoms with E-state index in [4.69, 9.17) is 17.0 Å². The van der Waals surface area contributed by atoms with E-state index in [2.05, 4.69) is 41.0 Å². The zero-order valence-corrected chi connectivity index (χ0v) is 19.5. The van der Waals surface area contributed by atoms with Gasteiger partial charge in [-0.2, -0.15) is 18.3 Å². The number of amidine groups is 1. The summed E-state index contributed by atoms with van der Waals surface area (Å²) >= 11 is 3.41. The second-order valence-electron chi connectivity index (χ2n) is 7.18. The number of hydrazone groups is 1. The lowest BCUT2D eigenvalue weighted by Crippen LogP contribution is -2.17. The van der Waals surface area contributed by atoms with Gasteiger partial charge in [-0.1, -0.05) is 6.92 Å². The molecule has 2 aromatic heterocycles. The van der Waals surface area contributed by atoms with E-state index < -0.39 is 35.4 Å². The third-order valence-corrected chi connectivity index (χ3v) is 5.76. The standard InChI is InChI=1S/C21H18BrF5N8/c1-2-11(14(35-30)8-31-13-5-10(23)3-4-12(13)24)17-16(22)15(18(34-17)19(28)29)9-6-32-20(33-7-9)21(25,26)27/h3-8,11,34H,2,30H2,1H3,(H3,28,29). The fourth-order valence-electron chi connectivity index (χ4n) is 3.31. The Balaban J connectivity index is 2.06. The molecule has 0 fully saturated rings. The number of nitrogen functional groups attached to an aromatic ring is 1. The molecule has 14 heteroatoms. The molecule has 1 atom stereocenters. The molecular weight excluding hydrogens is 539 g/mol. The summed E-state index contributed by atoms with van der Waals surface area (Å²) in [5.41, 5.74) is 6.54. The first kappa shape index (κ1) is 25.9. The van der Waals surface area contributed by atoms with Gasteiger partial charge in [0.25, 0.3) is 0 Å². The van der Waals surface area contributed by atoms with Crippen LogP contribution in [0.2, 0.25) is 0 Å². The van der Waals surface area contributed by atoms with E-state index in [9.17, 15) is 22.0 Å². The normalized spacial score (nSPS) is 13.4. The Bertz CT molecular complexity index is 1300. The highest BCUT2D eigenvalue weighted by Gasteiger charge is 2.35. The predicted octanol–water partition coefficient (Wildman–Crippen LogP) is 5.03. The van der Waals surface area contributed by atoms with Crippen molar-refractivity contribution in [1.29, 1.82) is 5.41 Å². The number of benzene rings is 1. The molecule has 0 aliphatic carbocycles. The molecule has 1 unspecified atom stereocenters. The van der Waals surface area contributed by atoms with E-state index in [-0.39, 0.29) is 28.2 Å². The van der Waals surface area contributed by atoms with Crippen LogP contribution in [-0.2, 0) is 6.18 Å². The molecule has 0 radical (unpaired) electrons. The van der Waals surface area contributed by atoms with Crippen molar-refractivity contribution in [2.75, 3.05) is 0 Å². The van der Waals surface area contributed by atoms with Gasteiger partial charge in [0.05, 0.1) is 17.6 Å². The molecule has 8 nitrogen and oxygen atoms in total. The lowest BCUT2D eigenvalue weighted by atomic mass is 9.96. The zero-order chi connectivity index (χ0) is 25.9. The van der Waals surface area contributed by atoms with E-state index in [0.29, 0.717) is 16.6 Å². The Morgan fingerprint density at radius 3 is 2.46 bits per heavy atom. The fourth-order valence-corrected chi connectivity index (χ4v) is 4.11. The van der Waals surface area contributed by atoms with E-state index >= 15 is 0 Å². The number of nitrogens with two attached hydrogens (primary N) is 2. The molecule has 184 valence electrons.